The second kappa shape index (κ2) is 11.0. The van der Waals surface area contributed by atoms with Crippen LogP contribution in [-0.4, -0.2) is 72.8 Å². The minimum atomic E-state index is -1.23. The molecule has 3 unspecified atom stereocenters. The zero-order valence-corrected chi connectivity index (χ0v) is 18.2. The van der Waals surface area contributed by atoms with Gasteiger partial charge in [-0.15, -0.1) is 0 Å². The smallest absolute Gasteiger partial charge is 0.305 e. The lowest BCUT2D eigenvalue weighted by Gasteiger charge is -2.28. The number of carboxylic acid groups (broad SMARTS) is 1. The van der Waals surface area contributed by atoms with Crippen molar-refractivity contribution in [3.63, 3.8) is 0 Å². The highest BCUT2D eigenvalue weighted by Crippen LogP contribution is 2.23. The molecule has 1 aromatic carbocycles. The number of hydrogen-bond acceptors (Lipinski definition) is 6. The molecule has 32 heavy (non-hydrogen) atoms. The summed E-state index contributed by atoms with van der Waals surface area (Å²) in [6.45, 7) is 1.94. The van der Waals surface area contributed by atoms with Crippen molar-refractivity contribution in [1.29, 1.82) is 0 Å². The Morgan fingerprint density at radius 3 is 2.44 bits per heavy atom. The van der Waals surface area contributed by atoms with E-state index >= 15 is 0 Å². The summed E-state index contributed by atoms with van der Waals surface area (Å²) in [4.78, 5) is 49.9. The molecule has 1 aliphatic rings. The van der Waals surface area contributed by atoms with Crippen LogP contribution in [-0.2, 0) is 25.7 Å². The van der Waals surface area contributed by atoms with E-state index in [1.165, 1.54) is 36.0 Å². The molecule has 2 amide bonds. The van der Waals surface area contributed by atoms with Crippen molar-refractivity contribution in [2.24, 2.45) is 0 Å². The molecule has 1 fully saturated rings. The molecule has 11 heteroatoms. The Bertz CT molecular complexity index is 857. The Labute approximate surface area is 184 Å². The van der Waals surface area contributed by atoms with Crippen LogP contribution in [0.15, 0.2) is 12.1 Å². The van der Waals surface area contributed by atoms with Crippen LogP contribution < -0.4 is 15.5 Å². The molecule has 176 valence electrons. The molecular formula is C21H28F2N4O5. The van der Waals surface area contributed by atoms with Crippen molar-refractivity contribution in [1.82, 2.24) is 15.5 Å². The van der Waals surface area contributed by atoms with Crippen LogP contribution in [0.5, 0.6) is 0 Å². The van der Waals surface area contributed by atoms with Gasteiger partial charge < -0.3 is 30.3 Å². The minimum Gasteiger partial charge on any atom is -0.481 e. The molecular weight excluding hydrogens is 426 g/mol. The lowest BCUT2D eigenvalue weighted by Crippen LogP contribution is -2.53. The third-order valence-electron chi connectivity index (χ3n) is 5.23. The van der Waals surface area contributed by atoms with Gasteiger partial charge in [-0.3, -0.25) is 14.4 Å². The van der Waals surface area contributed by atoms with Gasteiger partial charge in [0, 0.05) is 27.2 Å². The van der Waals surface area contributed by atoms with Crippen LogP contribution >= 0.6 is 0 Å². The van der Waals surface area contributed by atoms with Gasteiger partial charge in [0.1, 0.15) is 29.6 Å². The van der Waals surface area contributed by atoms with Gasteiger partial charge in [0.2, 0.25) is 11.8 Å². The molecule has 0 saturated carbocycles. The molecule has 1 saturated heterocycles. The summed E-state index contributed by atoms with van der Waals surface area (Å²) in [6, 6.07) is -0.364. The lowest BCUT2D eigenvalue weighted by atomic mass is 10.1. The Hall–Kier alpha value is -3.08. The van der Waals surface area contributed by atoms with Crippen molar-refractivity contribution < 1.29 is 33.1 Å². The van der Waals surface area contributed by atoms with Crippen molar-refractivity contribution in [3.05, 3.63) is 29.3 Å². The van der Waals surface area contributed by atoms with Gasteiger partial charge in [-0.2, -0.15) is 0 Å². The molecule has 0 spiro atoms. The maximum absolute atomic E-state index is 14.2. The number of carbonyl (C=O) groups excluding carboxylic acids is 3. The van der Waals surface area contributed by atoms with Crippen LogP contribution in [0, 0.1) is 11.6 Å². The largest absolute Gasteiger partial charge is 0.481 e. The zero-order valence-electron chi connectivity index (χ0n) is 18.2. The first-order valence-corrected chi connectivity index (χ1v) is 10.2. The number of carboxylic acids is 1. The maximum Gasteiger partial charge on any atom is 0.305 e. The third-order valence-corrected chi connectivity index (χ3v) is 5.23. The molecule has 2 rings (SSSR count). The van der Waals surface area contributed by atoms with E-state index in [2.05, 4.69) is 10.6 Å². The number of aldehydes is 1. The summed E-state index contributed by atoms with van der Waals surface area (Å²) in [5.41, 5.74) is 0.170. The van der Waals surface area contributed by atoms with Crippen molar-refractivity contribution in [2.45, 2.75) is 50.9 Å². The number of aliphatic carboxylic acids is 1. The average Bonchev–Trinajstić information content (AvgIpc) is 3.19. The van der Waals surface area contributed by atoms with Crippen LogP contribution in [0.2, 0.25) is 0 Å². The number of rotatable bonds is 10. The molecule has 9 nitrogen and oxygen atoms in total. The van der Waals surface area contributed by atoms with E-state index in [0.717, 1.165) is 0 Å². The minimum absolute atomic E-state index is 0.0327. The highest BCUT2D eigenvalue weighted by Gasteiger charge is 2.36. The summed E-state index contributed by atoms with van der Waals surface area (Å²) in [5, 5.41) is 14.1. The van der Waals surface area contributed by atoms with Gasteiger partial charge in [-0.1, -0.05) is 0 Å². The van der Waals surface area contributed by atoms with E-state index in [9.17, 15) is 28.0 Å². The number of anilines is 1. The Kier molecular flexibility index (Phi) is 8.64. The SMILES string of the molecule is CC(NCc1cc(F)c(N(C)C)c(F)c1)C(=O)N1CCCC1C(=O)NC(C=O)CC(=O)O. The number of hydrogen-bond donors (Lipinski definition) is 3. The first kappa shape index (κ1) is 25.2. The molecule has 1 heterocycles. The topological polar surface area (TPSA) is 119 Å². The average molecular weight is 454 g/mol. The van der Waals surface area contributed by atoms with E-state index < -0.39 is 48.1 Å². The molecule has 0 radical (unpaired) electrons. The summed E-state index contributed by atoms with van der Waals surface area (Å²) in [5.74, 6) is -3.63. The van der Waals surface area contributed by atoms with Gasteiger partial charge >= 0.3 is 5.97 Å². The quantitative estimate of drug-likeness (QED) is 0.445. The molecule has 0 bridgehead atoms. The summed E-state index contributed by atoms with van der Waals surface area (Å²) >= 11 is 0. The van der Waals surface area contributed by atoms with Crippen molar-refractivity contribution in [3.8, 4) is 0 Å². The van der Waals surface area contributed by atoms with Crippen LogP contribution in [0.3, 0.4) is 0 Å². The predicted molar refractivity (Wildman–Crippen MR) is 112 cm³/mol. The van der Waals surface area contributed by atoms with E-state index in [1.807, 2.05) is 0 Å². The number of nitrogens with one attached hydrogen (secondary N) is 2. The molecule has 1 aromatic rings. The number of amides is 2. The maximum atomic E-state index is 14.2. The van der Waals surface area contributed by atoms with Gasteiger partial charge in [0.15, 0.2) is 0 Å². The Morgan fingerprint density at radius 2 is 1.91 bits per heavy atom. The fraction of sp³-hybridized carbons (Fsp3) is 0.524. The molecule has 1 aliphatic heterocycles. The van der Waals surface area contributed by atoms with Crippen LogP contribution in [0.1, 0.15) is 31.7 Å². The number of benzene rings is 1. The lowest BCUT2D eigenvalue weighted by molar-refractivity contribution is -0.141. The molecule has 3 N–H and O–H groups in total. The third kappa shape index (κ3) is 6.22. The monoisotopic (exact) mass is 454 g/mol. The highest BCUT2D eigenvalue weighted by molar-refractivity contribution is 5.91. The van der Waals surface area contributed by atoms with Gasteiger partial charge in [-0.05, 0) is 37.5 Å². The van der Waals surface area contributed by atoms with Gasteiger partial charge in [0.05, 0.1) is 18.5 Å². The first-order valence-electron chi connectivity index (χ1n) is 10.2. The fourth-order valence-electron chi connectivity index (χ4n) is 3.66. The predicted octanol–water partition coefficient (Wildman–Crippen LogP) is 0.658. The van der Waals surface area contributed by atoms with E-state index in [-0.39, 0.29) is 18.1 Å². The second-order valence-electron chi connectivity index (χ2n) is 7.94. The van der Waals surface area contributed by atoms with Crippen LogP contribution in [0.25, 0.3) is 0 Å². The van der Waals surface area contributed by atoms with Gasteiger partial charge in [0.25, 0.3) is 0 Å². The Morgan fingerprint density at radius 1 is 1.28 bits per heavy atom. The van der Waals surface area contributed by atoms with E-state index in [1.54, 1.807) is 6.92 Å². The molecule has 0 aromatic heterocycles. The molecule has 0 aliphatic carbocycles. The fourth-order valence-corrected chi connectivity index (χ4v) is 3.66. The highest BCUT2D eigenvalue weighted by atomic mass is 19.1. The standard InChI is InChI=1S/C21H28F2N4O5/c1-12(24-10-13-7-15(22)19(26(2)3)16(23)8-13)21(32)27-6-4-5-17(27)20(31)25-14(11-28)9-18(29)30/h7-8,11-12,14,17,24H,4-6,9-10H2,1-3H3,(H,25,31)(H,29,30). The number of likely N-dealkylation sites (tertiary alicyclic amines) is 1. The summed E-state index contributed by atoms with van der Waals surface area (Å²) in [7, 11) is 3.06. The van der Waals surface area contributed by atoms with E-state index in [4.69, 9.17) is 5.11 Å². The van der Waals surface area contributed by atoms with Gasteiger partial charge in [-0.25, -0.2) is 8.78 Å². The van der Waals surface area contributed by atoms with E-state index in [0.29, 0.717) is 31.2 Å². The number of halogens is 2. The summed E-state index contributed by atoms with van der Waals surface area (Å²) in [6.07, 6.45) is 0.750. The van der Waals surface area contributed by atoms with Crippen molar-refractivity contribution in [2.75, 3.05) is 25.5 Å². The first-order chi connectivity index (χ1) is 15.0. The van der Waals surface area contributed by atoms with Crippen LogP contribution in [0.4, 0.5) is 14.5 Å². The second-order valence-corrected chi connectivity index (χ2v) is 7.94. The number of nitrogens with zero attached hydrogens (tertiary/aromatic N) is 2. The zero-order chi connectivity index (χ0) is 24.0. The normalized spacial score (nSPS) is 17.5. The number of carbonyl (C=O) groups is 4. The summed E-state index contributed by atoms with van der Waals surface area (Å²) < 4.78 is 28.3. The Balaban J connectivity index is 2.00. The van der Waals surface area contributed by atoms with Crippen molar-refractivity contribution >= 4 is 29.8 Å². The molecule has 3 atom stereocenters.